The normalized spacial score (nSPS) is 14.8. The average Bonchev–Trinajstić information content (AvgIpc) is 3.30. The fourth-order valence-corrected chi connectivity index (χ4v) is 3.73. The van der Waals surface area contributed by atoms with Crippen LogP contribution in [0.25, 0.3) is 22.2 Å². The van der Waals surface area contributed by atoms with Gasteiger partial charge in [-0.1, -0.05) is 18.2 Å². The highest BCUT2D eigenvalue weighted by atomic mass is 16.5. The summed E-state index contributed by atoms with van der Waals surface area (Å²) >= 11 is 0. The average molecular weight is 402 g/mol. The molecule has 1 saturated heterocycles. The zero-order valence-corrected chi connectivity index (χ0v) is 16.4. The lowest BCUT2D eigenvalue weighted by Crippen LogP contribution is -2.47. The summed E-state index contributed by atoms with van der Waals surface area (Å²) in [4.78, 5) is 9.14. The molecule has 0 atom stereocenters. The number of hydrogen-bond donors (Lipinski definition) is 1. The number of ether oxygens (including phenoxy) is 1. The second-order valence-corrected chi connectivity index (χ2v) is 7.07. The summed E-state index contributed by atoms with van der Waals surface area (Å²) < 4.78 is 11.3. The molecule has 0 aliphatic carbocycles. The van der Waals surface area contributed by atoms with Crippen LogP contribution in [0, 0.1) is 0 Å². The SMILES string of the molecule is OCc1ccc(-c2ccc3ncnc(N(c4ccccc4)N4CCOCC4)c3c2)o1. The molecular formula is C23H22N4O3. The molecule has 0 bridgehead atoms. The number of aliphatic hydroxyl groups is 1. The molecule has 1 aliphatic heterocycles. The number of benzene rings is 2. The molecule has 4 aromatic rings. The monoisotopic (exact) mass is 402 g/mol. The zero-order chi connectivity index (χ0) is 20.3. The number of morpholine rings is 1. The quantitative estimate of drug-likeness (QED) is 0.545. The smallest absolute Gasteiger partial charge is 0.159 e. The fraction of sp³-hybridized carbons (Fsp3) is 0.217. The Bertz CT molecular complexity index is 1140. The summed E-state index contributed by atoms with van der Waals surface area (Å²) in [5.74, 6) is 2.05. The number of anilines is 2. The number of aromatic nitrogens is 2. The molecule has 7 heteroatoms. The summed E-state index contributed by atoms with van der Waals surface area (Å²) in [6, 6.07) is 19.8. The maximum atomic E-state index is 9.32. The minimum Gasteiger partial charge on any atom is -0.459 e. The summed E-state index contributed by atoms with van der Waals surface area (Å²) in [5, 5.41) is 14.6. The summed E-state index contributed by atoms with van der Waals surface area (Å²) in [5.41, 5.74) is 2.80. The van der Waals surface area contributed by atoms with E-state index in [1.165, 1.54) is 0 Å². The first-order chi connectivity index (χ1) is 14.8. The van der Waals surface area contributed by atoms with Gasteiger partial charge in [-0.25, -0.2) is 15.0 Å². The van der Waals surface area contributed by atoms with Gasteiger partial charge in [0.1, 0.15) is 24.5 Å². The molecular weight excluding hydrogens is 380 g/mol. The third-order valence-corrected chi connectivity index (χ3v) is 5.19. The Morgan fingerprint density at radius 3 is 2.57 bits per heavy atom. The second-order valence-electron chi connectivity index (χ2n) is 7.07. The van der Waals surface area contributed by atoms with E-state index in [0.29, 0.717) is 24.7 Å². The first-order valence-electron chi connectivity index (χ1n) is 9.96. The maximum Gasteiger partial charge on any atom is 0.159 e. The third kappa shape index (κ3) is 3.54. The number of rotatable bonds is 5. The van der Waals surface area contributed by atoms with Gasteiger partial charge in [0, 0.05) is 24.0 Å². The van der Waals surface area contributed by atoms with Crippen LogP contribution in [-0.2, 0) is 11.3 Å². The van der Waals surface area contributed by atoms with E-state index in [0.717, 1.165) is 41.1 Å². The van der Waals surface area contributed by atoms with Crippen LogP contribution in [0.4, 0.5) is 11.5 Å². The Hall–Kier alpha value is -3.26. The van der Waals surface area contributed by atoms with Gasteiger partial charge in [-0.05, 0) is 42.5 Å². The van der Waals surface area contributed by atoms with Crippen LogP contribution in [0.1, 0.15) is 5.76 Å². The topological polar surface area (TPSA) is 74.9 Å². The van der Waals surface area contributed by atoms with Crippen LogP contribution in [0.15, 0.2) is 71.4 Å². The van der Waals surface area contributed by atoms with Crippen LogP contribution in [0.2, 0.25) is 0 Å². The Morgan fingerprint density at radius 2 is 1.80 bits per heavy atom. The molecule has 0 unspecified atom stereocenters. The van der Waals surface area contributed by atoms with Gasteiger partial charge in [-0.3, -0.25) is 5.01 Å². The van der Waals surface area contributed by atoms with Crippen molar-refractivity contribution in [2.45, 2.75) is 6.61 Å². The fourth-order valence-electron chi connectivity index (χ4n) is 3.73. The van der Waals surface area contributed by atoms with Crippen molar-refractivity contribution in [3.63, 3.8) is 0 Å². The Labute approximate surface area is 174 Å². The van der Waals surface area contributed by atoms with Gasteiger partial charge in [0.2, 0.25) is 0 Å². The number of hydrogen-bond acceptors (Lipinski definition) is 7. The molecule has 0 amide bonds. The van der Waals surface area contributed by atoms with Gasteiger partial charge >= 0.3 is 0 Å². The molecule has 5 rings (SSSR count). The van der Waals surface area contributed by atoms with E-state index < -0.39 is 0 Å². The highest BCUT2D eigenvalue weighted by Crippen LogP contribution is 2.34. The molecule has 30 heavy (non-hydrogen) atoms. The van der Waals surface area contributed by atoms with Crippen molar-refractivity contribution < 1.29 is 14.3 Å². The summed E-state index contributed by atoms with van der Waals surface area (Å²) in [6.45, 7) is 2.78. The molecule has 0 radical (unpaired) electrons. The van der Waals surface area contributed by atoms with Crippen LogP contribution < -0.4 is 5.01 Å². The molecule has 0 spiro atoms. The molecule has 1 fully saturated rings. The maximum absolute atomic E-state index is 9.32. The Morgan fingerprint density at radius 1 is 0.967 bits per heavy atom. The predicted molar refractivity (Wildman–Crippen MR) is 114 cm³/mol. The summed E-state index contributed by atoms with van der Waals surface area (Å²) in [7, 11) is 0. The minimum absolute atomic E-state index is 0.124. The van der Waals surface area contributed by atoms with Gasteiger partial charge < -0.3 is 14.3 Å². The van der Waals surface area contributed by atoms with E-state index in [-0.39, 0.29) is 6.61 Å². The second kappa shape index (κ2) is 8.23. The minimum atomic E-state index is -0.124. The standard InChI is InChI=1S/C23H22N4O3/c28-15-19-7-9-22(30-19)17-6-8-21-20(14-17)23(25-16-24-21)27(18-4-2-1-3-5-18)26-10-12-29-13-11-26/h1-9,14,16,28H,10-13,15H2. The first kappa shape index (κ1) is 18.7. The van der Waals surface area contributed by atoms with Gasteiger partial charge in [-0.2, -0.15) is 0 Å². The highest BCUT2D eigenvalue weighted by Gasteiger charge is 2.24. The molecule has 1 aliphatic rings. The number of hydrazine groups is 1. The van der Waals surface area contributed by atoms with Crippen molar-refractivity contribution >= 4 is 22.4 Å². The van der Waals surface area contributed by atoms with Crippen LogP contribution in [0.3, 0.4) is 0 Å². The van der Waals surface area contributed by atoms with Crippen LogP contribution >= 0.6 is 0 Å². The molecule has 1 N–H and O–H groups in total. The largest absolute Gasteiger partial charge is 0.459 e. The molecule has 2 aromatic heterocycles. The van der Waals surface area contributed by atoms with E-state index >= 15 is 0 Å². The van der Waals surface area contributed by atoms with E-state index in [1.54, 1.807) is 12.4 Å². The lowest BCUT2D eigenvalue weighted by molar-refractivity contribution is 0.0376. The van der Waals surface area contributed by atoms with Crippen molar-refractivity contribution in [2.75, 3.05) is 31.3 Å². The van der Waals surface area contributed by atoms with E-state index in [9.17, 15) is 5.11 Å². The lowest BCUT2D eigenvalue weighted by Gasteiger charge is -2.38. The Kier molecular flexibility index (Phi) is 5.15. The van der Waals surface area contributed by atoms with E-state index in [1.807, 2.05) is 42.5 Å². The first-order valence-corrected chi connectivity index (χ1v) is 9.96. The molecule has 152 valence electrons. The number of aliphatic hydroxyl groups excluding tert-OH is 1. The molecule has 3 heterocycles. The lowest BCUT2D eigenvalue weighted by atomic mass is 10.1. The van der Waals surface area contributed by atoms with Crippen molar-refractivity contribution in [1.29, 1.82) is 0 Å². The van der Waals surface area contributed by atoms with Crippen LogP contribution in [0.5, 0.6) is 0 Å². The number of nitrogens with zero attached hydrogens (tertiary/aromatic N) is 4. The van der Waals surface area contributed by atoms with E-state index in [4.69, 9.17) is 9.15 Å². The molecule has 2 aromatic carbocycles. The zero-order valence-electron chi connectivity index (χ0n) is 16.4. The molecule has 0 saturated carbocycles. The van der Waals surface area contributed by atoms with Crippen molar-refractivity contribution in [3.8, 4) is 11.3 Å². The number of furan rings is 1. The van der Waals surface area contributed by atoms with Gasteiger partial charge in [0.05, 0.1) is 24.4 Å². The van der Waals surface area contributed by atoms with Crippen molar-refractivity contribution in [1.82, 2.24) is 15.0 Å². The third-order valence-electron chi connectivity index (χ3n) is 5.19. The van der Waals surface area contributed by atoms with E-state index in [2.05, 4.69) is 32.1 Å². The molecule has 7 nitrogen and oxygen atoms in total. The van der Waals surface area contributed by atoms with Gasteiger partial charge in [0.15, 0.2) is 5.82 Å². The number of para-hydroxylation sites is 1. The van der Waals surface area contributed by atoms with Gasteiger partial charge in [-0.15, -0.1) is 0 Å². The predicted octanol–water partition coefficient (Wildman–Crippen LogP) is 3.77. The Balaban J connectivity index is 1.65. The van der Waals surface area contributed by atoms with Crippen molar-refractivity contribution in [2.24, 2.45) is 0 Å². The number of fused-ring (bicyclic) bond motifs is 1. The van der Waals surface area contributed by atoms with Crippen molar-refractivity contribution in [3.05, 3.63) is 72.8 Å². The highest BCUT2D eigenvalue weighted by molar-refractivity contribution is 5.93. The van der Waals surface area contributed by atoms with Gasteiger partial charge in [0.25, 0.3) is 0 Å². The van der Waals surface area contributed by atoms with Crippen LogP contribution in [-0.4, -0.2) is 46.4 Å². The summed E-state index contributed by atoms with van der Waals surface area (Å²) in [6.07, 6.45) is 1.60.